The first-order chi connectivity index (χ1) is 19.4. The number of methoxy groups -OCH3 is 2. The summed E-state index contributed by atoms with van der Waals surface area (Å²) >= 11 is 0. The van der Waals surface area contributed by atoms with Crippen LogP contribution in [0.3, 0.4) is 0 Å². The monoisotopic (exact) mass is 559 g/mol. The lowest BCUT2D eigenvalue weighted by molar-refractivity contribution is 0.0573. The molecule has 4 rings (SSSR count). The third-order valence-electron chi connectivity index (χ3n) is 6.60. The number of fused-ring (bicyclic) bond motifs is 1. The molecule has 41 heavy (non-hydrogen) atoms. The van der Waals surface area contributed by atoms with Crippen LogP contribution in [0.25, 0.3) is 22.0 Å². The Bertz CT molecular complexity index is 1650. The van der Waals surface area contributed by atoms with Gasteiger partial charge < -0.3 is 19.3 Å². The number of amides is 1. The number of hydrogen-bond acceptors (Lipinski definition) is 7. The number of benzene rings is 2. The number of esters is 1. The summed E-state index contributed by atoms with van der Waals surface area (Å²) in [5.41, 5.74) is 3.38. The van der Waals surface area contributed by atoms with E-state index in [0.717, 1.165) is 15.7 Å². The molecule has 10 nitrogen and oxygen atoms in total. The zero-order chi connectivity index (χ0) is 30.1. The van der Waals surface area contributed by atoms with Crippen molar-refractivity contribution in [3.8, 4) is 16.9 Å². The second-order valence-corrected chi connectivity index (χ2v) is 10.5. The molecule has 0 unspecified atom stereocenters. The molecular formula is C31H33N3O7. The lowest BCUT2D eigenvalue weighted by Gasteiger charge is -2.29. The number of aryl methyl sites for hydroxylation is 1. The second kappa shape index (κ2) is 11.3. The standard InChI is InChI=1S/C31H33N3O7/c1-18-16-32-24(19(2)27(18)39-6)17-34(30(38)41-31(3,4)5)26-15-20(14-25-23(26)12-13-33(25)29(36)37)21-10-8-9-11-22(21)28(35)40-7/h8-16H,17H2,1-7H3,(H,36,37). The van der Waals surface area contributed by atoms with Crippen LogP contribution in [0, 0.1) is 13.8 Å². The van der Waals surface area contributed by atoms with E-state index in [4.69, 9.17) is 14.2 Å². The van der Waals surface area contributed by atoms with Crippen LogP contribution in [0.15, 0.2) is 54.9 Å². The van der Waals surface area contributed by atoms with Crippen molar-refractivity contribution in [1.82, 2.24) is 9.55 Å². The number of pyridine rings is 1. The van der Waals surface area contributed by atoms with E-state index in [1.165, 1.54) is 18.2 Å². The molecule has 2 aromatic heterocycles. The van der Waals surface area contributed by atoms with Crippen LogP contribution in [0.1, 0.15) is 48.0 Å². The van der Waals surface area contributed by atoms with E-state index in [1.807, 2.05) is 13.8 Å². The van der Waals surface area contributed by atoms with E-state index in [-0.39, 0.29) is 6.54 Å². The molecule has 0 spiro atoms. The van der Waals surface area contributed by atoms with E-state index in [9.17, 15) is 19.5 Å². The van der Waals surface area contributed by atoms with Crippen molar-refractivity contribution in [2.24, 2.45) is 0 Å². The summed E-state index contributed by atoms with van der Waals surface area (Å²) in [4.78, 5) is 44.6. The van der Waals surface area contributed by atoms with Crippen molar-refractivity contribution in [2.45, 2.75) is 46.8 Å². The van der Waals surface area contributed by atoms with Gasteiger partial charge >= 0.3 is 18.2 Å². The molecule has 0 bridgehead atoms. The summed E-state index contributed by atoms with van der Waals surface area (Å²) in [5.74, 6) is 0.105. The maximum absolute atomic E-state index is 13.8. The minimum atomic E-state index is -1.20. The zero-order valence-electron chi connectivity index (χ0n) is 24.1. The van der Waals surface area contributed by atoms with Crippen molar-refractivity contribution >= 4 is 34.7 Å². The molecule has 2 aromatic carbocycles. The Balaban J connectivity index is 2.01. The average Bonchev–Trinajstić information content (AvgIpc) is 3.36. The Morgan fingerprint density at radius 2 is 1.76 bits per heavy atom. The smallest absolute Gasteiger partial charge is 0.416 e. The van der Waals surface area contributed by atoms with Gasteiger partial charge in [-0.05, 0) is 70.0 Å². The lowest BCUT2D eigenvalue weighted by atomic mass is 9.97. The fourth-order valence-corrected chi connectivity index (χ4v) is 4.74. The second-order valence-electron chi connectivity index (χ2n) is 10.5. The molecule has 1 N–H and O–H groups in total. The molecule has 214 valence electrons. The number of nitrogens with zero attached hydrogens (tertiary/aromatic N) is 3. The lowest BCUT2D eigenvalue weighted by Crippen LogP contribution is -2.37. The topological polar surface area (TPSA) is 120 Å². The molecule has 1 amide bonds. The summed E-state index contributed by atoms with van der Waals surface area (Å²) in [5, 5.41) is 10.4. The molecular weight excluding hydrogens is 526 g/mol. The van der Waals surface area contributed by atoms with E-state index in [1.54, 1.807) is 76.5 Å². The summed E-state index contributed by atoms with van der Waals surface area (Å²) < 4.78 is 17.4. The number of aromatic nitrogens is 2. The number of carboxylic acid groups (broad SMARTS) is 1. The van der Waals surface area contributed by atoms with Gasteiger partial charge in [-0.3, -0.25) is 14.5 Å². The number of ether oxygens (including phenoxy) is 3. The zero-order valence-corrected chi connectivity index (χ0v) is 24.1. The minimum absolute atomic E-state index is 0.00679. The number of carbonyl (C=O) groups excluding carboxylic acids is 2. The van der Waals surface area contributed by atoms with E-state index >= 15 is 0 Å². The molecule has 0 aliphatic carbocycles. The van der Waals surface area contributed by atoms with Gasteiger partial charge in [0.1, 0.15) is 11.4 Å². The quantitative estimate of drug-likeness (QED) is 0.263. The van der Waals surface area contributed by atoms with Crippen LogP contribution in [0.2, 0.25) is 0 Å². The van der Waals surface area contributed by atoms with Gasteiger partial charge in [0.25, 0.3) is 0 Å². The maximum Gasteiger partial charge on any atom is 0.416 e. The van der Waals surface area contributed by atoms with Crippen molar-refractivity contribution in [2.75, 3.05) is 19.1 Å². The normalized spacial score (nSPS) is 11.3. The van der Waals surface area contributed by atoms with Crippen LogP contribution in [-0.4, -0.2) is 52.6 Å². The third kappa shape index (κ3) is 5.86. The van der Waals surface area contributed by atoms with Gasteiger partial charge in [-0.15, -0.1) is 0 Å². The van der Waals surface area contributed by atoms with Gasteiger partial charge in [0.15, 0.2) is 0 Å². The highest BCUT2D eigenvalue weighted by atomic mass is 16.6. The highest BCUT2D eigenvalue weighted by Gasteiger charge is 2.28. The van der Waals surface area contributed by atoms with Crippen molar-refractivity contribution in [3.05, 3.63) is 77.2 Å². The first-order valence-corrected chi connectivity index (χ1v) is 12.9. The Morgan fingerprint density at radius 1 is 1.05 bits per heavy atom. The van der Waals surface area contributed by atoms with Crippen LogP contribution >= 0.6 is 0 Å². The molecule has 0 saturated heterocycles. The van der Waals surface area contributed by atoms with E-state index in [0.29, 0.717) is 44.7 Å². The number of hydrogen-bond donors (Lipinski definition) is 1. The Hall–Kier alpha value is -4.86. The van der Waals surface area contributed by atoms with Gasteiger partial charge in [-0.2, -0.15) is 0 Å². The molecule has 4 aromatic rings. The molecule has 0 atom stereocenters. The predicted molar refractivity (Wildman–Crippen MR) is 155 cm³/mol. The van der Waals surface area contributed by atoms with Gasteiger partial charge in [0.2, 0.25) is 0 Å². The summed E-state index contributed by atoms with van der Waals surface area (Å²) in [7, 11) is 2.86. The molecule has 2 heterocycles. The number of anilines is 1. The third-order valence-corrected chi connectivity index (χ3v) is 6.60. The van der Waals surface area contributed by atoms with Crippen molar-refractivity contribution in [3.63, 3.8) is 0 Å². The molecule has 0 aliphatic rings. The average molecular weight is 560 g/mol. The van der Waals surface area contributed by atoms with Crippen LogP contribution in [0.4, 0.5) is 15.3 Å². The minimum Gasteiger partial charge on any atom is -0.496 e. The Morgan fingerprint density at radius 3 is 2.39 bits per heavy atom. The Labute approximate surface area is 238 Å². The van der Waals surface area contributed by atoms with Gasteiger partial charge in [-0.25, -0.2) is 14.4 Å². The molecule has 0 radical (unpaired) electrons. The fraction of sp³-hybridized carbons (Fsp3) is 0.290. The fourth-order valence-electron chi connectivity index (χ4n) is 4.74. The van der Waals surface area contributed by atoms with Crippen molar-refractivity contribution in [1.29, 1.82) is 0 Å². The predicted octanol–water partition coefficient (Wildman–Crippen LogP) is 6.58. The molecule has 0 aliphatic heterocycles. The molecule has 10 heteroatoms. The Kier molecular flexibility index (Phi) is 8.05. The van der Waals surface area contributed by atoms with E-state index in [2.05, 4.69) is 4.98 Å². The first-order valence-electron chi connectivity index (χ1n) is 12.9. The van der Waals surface area contributed by atoms with Crippen LogP contribution in [0.5, 0.6) is 5.75 Å². The summed E-state index contributed by atoms with van der Waals surface area (Å²) in [6, 6.07) is 11.9. The summed E-state index contributed by atoms with van der Waals surface area (Å²) in [6.07, 6.45) is 1.24. The number of rotatable bonds is 6. The van der Waals surface area contributed by atoms with Crippen LogP contribution in [-0.2, 0) is 16.0 Å². The highest BCUT2D eigenvalue weighted by Crippen LogP contribution is 2.37. The van der Waals surface area contributed by atoms with E-state index < -0.39 is 23.8 Å². The van der Waals surface area contributed by atoms with Gasteiger partial charge in [0, 0.05) is 28.9 Å². The van der Waals surface area contributed by atoms with Gasteiger partial charge in [-0.1, -0.05) is 18.2 Å². The number of carbonyl (C=O) groups is 3. The van der Waals surface area contributed by atoms with Gasteiger partial charge in [0.05, 0.1) is 43.2 Å². The maximum atomic E-state index is 13.8. The van der Waals surface area contributed by atoms with Crippen LogP contribution < -0.4 is 9.64 Å². The highest BCUT2D eigenvalue weighted by molar-refractivity contribution is 6.07. The molecule has 0 saturated carbocycles. The SMILES string of the molecule is COC(=O)c1ccccc1-c1cc(N(Cc2ncc(C)c(OC)c2C)C(=O)OC(C)(C)C)c2ccn(C(=O)O)c2c1. The largest absolute Gasteiger partial charge is 0.496 e. The van der Waals surface area contributed by atoms with Crippen molar-refractivity contribution < 1.29 is 33.7 Å². The summed E-state index contributed by atoms with van der Waals surface area (Å²) in [6.45, 7) is 9.05. The first kappa shape index (κ1) is 29.1. The molecule has 0 fully saturated rings.